The zero-order valence-electron chi connectivity index (χ0n) is 10.4. The maximum absolute atomic E-state index is 9.02. The lowest BCUT2D eigenvalue weighted by molar-refractivity contribution is 1.11. The van der Waals surface area contributed by atoms with E-state index in [9.17, 15) is 0 Å². The molecule has 0 bridgehead atoms. The van der Waals surface area contributed by atoms with Gasteiger partial charge >= 0.3 is 0 Å². The topological polar surface area (TPSA) is 61.6 Å². The first kappa shape index (κ1) is 12.1. The van der Waals surface area contributed by atoms with Crippen molar-refractivity contribution in [3.8, 4) is 6.07 Å². The van der Waals surface area contributed by atoms with E-state index in [0.717, 1.165) is 17.7 Å². The van der Waals surface area contributed by atoms with E-state index in [-0.39, 0.29) is 0 Å². The quantitative estimate of drug-likeness (QED) is 0.893. The molecule has 1 heterocycles. The standard InChI is InChI=1S/C14H14N4/c1-3-11-6-4-5-10(2)13(11)18-14-12(7-15)8-16-9-17-14/h4-6,8-9H,3H2,1-2H3,(H,16,17,18). The lowest BCUT2D eigenvalue weighted by Crippen LogP contribution is -2.02. The largest absolute Gasteiger partial charge is 0.339 e. The molecule has 90 valence electrons. The van der Waals surface area contributed by atoms with Crippen LogP contribution < -0.4 is 5.32 Å². The Bertz CT molecular complexity index is 599. The van der Waals surface area contributed by atoms with Crippen LogP contribution in [0.1, 0.15) is 23.6 Å². The third kappa shape index (κ3) is 2.30. The zero-order valence-corrected chi connectivity index (χ0v) is 10.4. The van der Waals surface area contributed by atoms with Gasteiger partial charge in [0.2, 0.25) is 0 Å². The van der Waals surface area contributed by atoms with E-state index >= 15 is 0 Å². The Hall–Kier alpha value is -2.41. The molecule has 0 saturated carbocycles. The van der Waals surface area contributed by atoms with Gasteiger partial charge in [0.25, 0.3) is 0 Å². The Balaban J connectivity index is 2.43. The van der Waals surface area contributed by atoms with Gasteiger partial charge in [-0.3, -0.25) is 0 Å². The van der Waals surface area contributed by atoms with Gasteiger partial charge in [0, 0.05) is 5.69 Å². The summed E-state index contributed by atoms with van der Waals surface area (Å²) in [6, 6.07) is 8.23. The van der Waals surface area contributed by atoms with Gasteiger partial charge in [0.05, 0.1) is 6.20 Å². The number of nitriles is 1. The average Bonchev–Trinajstić information content (AvgIpc) is 2.41. The number of rotatable bonds is 3. The molecule has 1 aromatic heterocycles. The molecule has 4 nitrogen and oxygen atoms in total. The van der Waals surface area contributed by atoms with Gasteiger partial charge in [-0.15, -0.1) is 0 Å². The van der Waals surface area contributed by atoms with Gasteiger partial charge in [-0.25, -0.2) is 9.97 Å². The molecule has 0 aliphatic rings. The van der Waals surface area contributed by atoms with E-state index in [0.29, 0.717) is 11.4 Å². The van der Waals surface area contributed by atoms with E-state index < -0.39 is 0 Å². The summed E-state index contributed by atoms with van der Waals surface area (Å²) in [5.74, 6) is 0.552. The Morgan fingerprint density at radius 2 is 2.22 bits per heavy atom. The zero-order chi connectivity index (χ0) is 13.0. The molecular formula is C14H14N4. The van der Waals surface area contributed by atoms with E-state index in [1.165, 1.54) is 18.1 Å². The second-order valence-corrected chi connectivity index (χ2v) is 3.98. The van der Waals surface area contributed by atoms with Crippen molar-refractivity contribution in [1.29, 1.82) is 5.26 Å². The number of nitrogens with one attached hydrogen (secondary N) is 1. The summed E-state index contributed by atoms with van der Waals surface area (Å²) in [6.07, 6.45) is 3.88. The molecule has 0 aliphatic heterocycles. The number of nitrogens with zero attached hydrogens (tertiary/aromatic N) is 3. The normalized spacial score (nSPS) is 9.83. The first-order chi connectivity index (χ1) is 8.76. The predicted molar refractivity (Wildman–Crippen MR) is 70.6 cm³/mol. The summed E-state index contributed by atoms with van der Waals surface area (Å²) in [5, 5.41) is 12.3. The third-order valence-electron chi connectivity index (χ3n) is 2.82. The second kappa shape index (κ2) is 5.28. The number of para-hydroxylation sites is 1. The van der Waals surface area contributed by atoms with Crippen LogP contribution in [-0.4, -0.2) is 9.97 Å². The molecule has 18 heavy (non-hydrogen) atoms. The lowest BCUT2D eigenvalue weighted by Gasteiger charge is -2.13. The third-order valence-corrected chi connectivity index (χ3v) is 2.82. The highest BCUT2D eigenvalue weighted by atomic mass is 15.0. The number of aromatic nitrogens is 2. The monoisotopic (exact) mass is 238 g/mol. The molecule has 4 heteroatoms. The summed E-state index contributed by atoms with van der Waals surface area (Å²) in [7, 11) is 0. The fourth-order valence-corrected chi connectivity index (χ4v) is 1.83. The number of hydrogen-bond donors (Lipinski definition) is 1. The minimum Gasteiger partial charge on any atom is -0.339 e. The number of benzene rings is 1. The van der Waals surface area contributed by atoms with Gasteiger partial charge in [0.1, 0.15) is 18.0 Å². The maximum atomic E-state index is 9.02. The Morgan fingerprint density at radius 1 is 1.39 bits per heavy atom. The highest BCUT2D eigenvalue weighted by molar-refractivity contribution is 5.67. The first-order valence-electron chi connectivity index (χ1n) is 5.82. The van der Waals surface area contributed by atoms with Crippen LogP contribution in [0, 0.1) is 18.3 Å². The molecule has 0 spiro atoms. The predicted octanol–water partition coefficient (Wildman–Crippen LogP) is 2.96. The molecule has 0 radical (unpaired) electrons. The van der Waals surface area contributed by atoms with Crippen LogP contribution in [-0.2, 0) is 6.42 Å². The maximum Gasteiger partial charge on any atom is 0.151 e. The van der Waals surface area contributed by atoms with Crippen molar-refractivity contribution in [3.05, 3.63) is 47.4 Å². The summed E-state index contributed by atoms with van der Waals surface area (Å²) < 4.78 is 0. The van der Waals surface area contributed by atoms with Crippen molar-refractivity contribution in [2.75, 3.05) is 5.32 Å². The SMILES string of the molecule is CCc1cccc(C)c1Nc1ncncc1C#N. The molecule has 0 amide bonds. The molecule has 0 fully saturated rings. The van der Waals surface area contributed by atoms with Gasteiger partial charge in [-0.2, -0.15) is 5.26 Å². The van der Waals surface area contributed by atoms with Gasteiger partial charge in [0.15, 0.2) is 5.82 Å². The molecular weight excluding hydrogens is 224 g/mol. The van der Waals surface area contributed by atoms with E-state index in [1.807, 2.05) is 19.1 Å². The highest BCUT2D eigenvalue weighted by Gasteiger charge is 2.08. The molecule has 2 rings (SSSR count). The van der Waals surface area contributed by atoms with E-state index in [1.54, 1.807) is 0 Å². The van der Waals surface area contributed by atoms with Crippen LogP contribution >= 0.6 is 0 Å². The summed E-state index contributed by atoms with van der Waals surface area (Å²) >= 11 is 0. The summed E-state index contributed by atoms with van der Waals surface area (Å²) in [6.45, 7) is 4.14. The Labute approximate surface area is 106 Å². The minimum absolute atomic E-state index is 0.447. The fraction of sp³-hybridized carbons (Fsp3) is 0.214. The summed E-state index contributed by atoms with van der Waals surface area (Å²) in [4.78, 5) is 7.97. The second-order valence-electron chi connectivity index (χ2n) is 3.98. The van der Waals surface area contributed by atoms with Crippen molar-refractivity contribution in [3.63, 3.8) is 0 Å². The van der Waals surface area contributed by atoms with Crippen LogP contribution in [0.4, 0.5) is 11.5 Å². The Morgan fingerprint density at radius 3 is 2.94 bits per heavy atom. The van der Waals surface area contributed by atoms with Crippen molar-refractivity contribution in [2.45, 2.75) is 20.3 Å². The smallest absolute Gasteiger partial charge is 0.151 e. The molecule has 0 saturated heterocycles. The van der Waals surface area contributed by atoms with Gasteiger partial charge < -0.3 is 5.32 Å². The Kier molecular flexibility index (Phi) is 3.54. The fourth-order valence-electron chi connectivity index (χ4n) is 1.83. The molecule has 0 aliphatic carbocycles. The van der Waals surface area contributed by atoms with Crippen LogP contribution in [0.15, 0.2) is 30.7 Å². The number of hydrogen-bond acceptors (Lipinski definition) is 4. The van der Waals surface area contributed by atoms with Crippen molar-refractivity contribution in [2.24, 2.45) is 0 Å². The number of anilines is 2. The van der Waals surface area contributed by atoms with E-state index in [4.69, 9.17) is 5.26 Å². The van der Waals surface area contributed by atoms with Gasteiger partial charge in [-0.1, -0.05) is 25.1 Å². The van der Waals surface area contributed by atoms with Crippen LogP contribution in [0.25, 0.3) is 0 Å². The molecule has 1 N–H and O–H groups in total. The summed E-state index contributed by atoms with van der Waals surface area (Å²) in [5.41, 5.74) is 3.81. The van der Waals surface area contributed by atoms with Crippen LogP contribution in [0.2, 0.25) is 0 Å². The average molecular weight is 238 g/mol. The minimum atomic E-state index is 0.447. The van der Waals surface area contributed by atoms with Crippen molar-refractivity contribution >= 4 is 11.5 Å². The number of aryl methyl sites for hydroxylation is 2. The molecule has 2 aromatic rings. The van der Waals surface area contributed by atoms with Crippen LogP contribution in [0.3, 0.4) is 0 Å². The molecule has 0 atom stereocenters. The van der Waals surface area contributed by atoms with Gasteiger partial charge in [-0.05, 0) is 24.5 Å². The van der Waals surface area contributed by atoms with Crippen LogP contribution in [0.5, 0.6) is 0 Å². The first-order valence-corrected chi connectivity index (χ1v) is 5.82. The van der Waals surface area contributed by atoms with E-state index in [2.05, 4.69) is 34.3 Å². The molecule has 1 aromatic carbocycles. The van der Waals surface area contributed by atoms with Crippen molar-refractivity contribution in [1.82, 2.24) is 9.97 Å². The highest BCUT2D eigenvalue weighted by Crippen LogP contribution is 2.25. The van der Waals surface area contributed by atoms with Crippen molar-refractivity contribution < 1.29 is 0 Å². The lowest BCUT2D eigenvalue weighted by atomic mass is 10.1. The molecule has 0 unspecified atom stereocenters.